The minimum atomic E-state index is -0.263. The van der Waals surface area contributed by atoms with Gasteiger partial charge in [0, 0.05) is 22.6 Å². The van der Waals surface area contributed by atoms with Crippen LogP contribution in [0.1, 0.15) is 34.2 Å². The van der Waals surface area contributed by atoms with E-state index in [0.29, 0.717) is 11.5 Å². The van der Waals surface area contributed by atoms with Gasteiger partial charge in [-0.15, -0.1) is 0 Å². The van der Waals surface area contributed by atoms with Crippen molar-refractivity contribution in [1.29, 1.82) is 0 Å². The molecular weight excluding hydrogens is 350 g/mol. The smallest absolute Gasteiger partial charge is 0.257 e. The minimum Gasteiger partial charge on any atom is -0.326 e. The lowest BCUT2D eigenvalue weighted by atomic mass is 10.1. The van der Waals surface area contributed by atoms with Gasteiger partial charge in [-0.2, -0.15) is 4.99 Å². The molecule has 0 bridgehead atoms. The summed E-state index contributed by atoms with van der Waals surface area (Å²) < 4.78 is 0. The number of hydrogen-bond donors (Lipinski definition) is 2. The molecule has 0 aliphatic heterocycles. The van der Waals surface area contributed by atoms with Crippen molar-refractivity contribution >= 4 is 23.5 Å². The number of aromatic nitrogens is 2. The molecule has 0 saturated heterocycles. The van der Waals surface area contributed by atoms with E-state index in [0.717, 1.165) is 23.5 Å². The van der Waals surface area contributed by atoms with E-state index in [2.05, 4.69) is 32.5 Å². The van der Waals surface area contributed by atoms with Gasteiger partial charge in [-0.3, -0.25) is 10.1 Å². The van der Waals surface area contributed by atoms with Crippen LogP contribution in [-0.2, 0) is 6.42 Å². The van der Waals surface area contributed by atoms with Gasteiger partial charge >= 0.3 is 0 Å². The highest BCUT2D eigenvalue weighted by Gasteiger charge is 2.10. The lowest BCUT2D eigenvalue weighted by molar-refractivity contribution is 0.0977. The molecule has 2 N–H and O–H groups in total. The van der Waals surface area contributed by atoms with Crippen LogP contribution in [0, 0.1) is 13.8 Å². The number of anilines is 1. The molecule has 1 heterocycles. The first-order valence-electron chi connectivity index (χ1n) is 9.17. The van der Waals surface area contributed by atoms with Crippen LogP contribution in [0.4, 0.5) is 11.6 Å². The zero-order valence-corrected chi connectivity index (χ0v) is 16.2. The lowest BCUT2D eigenvalue weighted by Gasteiger charge is -2.12. The second-order valence-electron chi connectivity index (χ2n) is 6.41. The highest BCUT2D eigenvalue weighted by molar-refractivity contribution is 6.10. The fourth-order valence-electron chi connectivity index (χ4n) is 2.67. The number of benzene rings is 2. The van der Waals surface area contributed by atoms with Crippen LogP contribution in [0.15, 0.2) is 65.7 Å². The SMILES string of the molecule is CCc1ccc(NC(=Nc2nc(C)cc(C)n2)NC(=O)c2ccccc2)cc1. The molecule has 1 amide bonds. The Labute approximate surface area is 164 Å². The Kier molecular flexibility index (Phi) is 6.11. The van der Waals surface area contributed by atoms with Gasteiger partial charge in [0.2, 0.25) is 5.96 Å². The highest BCUT2D eigenvalue weighted by atomic mass is 16.1. The van der Waals surface area contributed by atoms with Gasteiger partial charge in [-0.1, -0.05) is 37.3 Å². The summed E-state index contributed by atoms with van der Waals surface area (Å²) in [4.78, 5) is 25.7. The van der Waals surface area contributed by atoms with Crippen LogP contribution in [0.3, 0.4) is 0 Å². The molecule has 0 spiro atoms. The monoisotopic (exact) mass is 373 g/mol. The molecule has 2 aromatic carbocycles. The van der Waals surface area contributed by atoms with Crippen molar-refractivity contribution in [2.45, 2.75) is 27.2 Å². The van der Waals surface area contributed by atoms with Crippen LogP contribution < -0.4 is 10.6 Å². The Morgan fingerprint density at radius 1 is 0.964 bits per heavy atom. The Morgan fingerprint density at radius 3 is 2.21 bits per heavy atom. The molecular formula is C22H23N5O. The number of hydrogen-bond acceptors (Lipinski definition) is 4. The van der Waals surface area contributed by atoms with Crippen LogP contribution in [0.5, 0.6) is 0 Å². The fraction of sp³-hybridized carbons (Fsp3) is 0.182. The number of aliphatic imine (C=N–C) groups is 1. The number of guanidine groups is 1. The molecule has 0 radical (unpaired) electrons. The van der Waals surface area contributed by atoms with E-state index < -0.39 is 0 Å². The van der Waals surface area contributed by atoms with Gasteiger partial charge < -0.3 is 5.32 Å². The Balaban J connectivity index is 1.90. The van der Waals surface area contributed by atoms with Gasteiger partial charge in [0.1, 0.15) is 0 Å². The third-order valence-electron chi connectivity index (χ3n) is 4.08. The van der Waals surface area contributed by atoms with Crippen molar-refractivity contribution in [3.8, 4) is 0 Å². The van der Waals surface area contributed by atoms with Crippen LogP contribution >= 0.6 is 0 Å². The Hall–Kier alpha value is -3.54. The highest BCUT2D eigenvalue weighted by Crippen LogP contribution is 2.12. The van der Waals surface area contributed by atoms with Gasteiger partial charge in [-0.05, 0) is 56.2 Å². The van der Waals surface area contributed by atoms with E-state index in [1.165, 1.54) is 5.56 Å². The Morgan fingerprint density at radius 2 is 1.61 bits per heavy atom. The standard InChI is InChI=1S/C22H23N5O/c1-4-17-10-12-19(13-11-17)25-22(26-20(28)18-8-6-5-7-9-18)27-21-23-15(2)14-16(3)24-21/h5-14H,4H2,1-3H3,(H2,23,24,25,26,27,28). The number of amides is 1. The predicted octanol–water partition coefficient (Wildman–Crippen LogP) is 4.19. The third kappa shape index (κ3) is 5.23. The van der Waals surface area contributed by atoms with Gasteiger partial charge in [0.15, 0.2) is 0 Å². The fourth-order valence-corrected chi connectivity index (χ4v) is 2.67. The van der Waals surface area contributed by atoms with E-state index >= 15 is 0 Å². The average Bonchev–Trinajstić information content (AvgIpc) is 2.68. The molecule has 3 rings (SSSR count). The summed E-state index contributed by atoms with van der Waals surface area (Å²) in [6.45, 7) is 5.87. The molecule has 0 aliphatic rings. The molecule has 0 fully saturated rings. The summed E-state index contributed by atoms with van der Waals surface area (Å²) in [7, 11) is 0. The molecule has 0 unspecified atom stereocenters. The maximum absolute atomic E-state index is 12.6. The molecule has 6 heteroatoms. The number of rotatable bonds is 4. The van der Waals surface area contributed by atoms with E-state index in [4.69, 9.17) is 0 Å². The number of aryl methyl sites for hydroxylation is 3. The normalized spacial score (nSPS) is 11.2. The summed E-state index contributed by atoms with van der Waals surface area (Å²) in [5, 5.41) is 5.97. The van der Waals surface area contributed by atoms with Crippen molar-refractivity contribution in [3.05, 3.63) is 83.2 Å². The molecule has 6 nitrogen and oxygen atoms in total. The zero-order chi connectivity index (χ0) is 19.9. The first-order chi connectivity index (χ1) is 13.5. The summed E-state index contributed by atoms with van der Waals surface area (Å²) in [5.41, 5.74) is 4.21. The molecule has 0 aliphatic carbocycles. The van der Waals surface area contributed by atoms with E-state index in [1.807, 2.05) is 62.4 Å². The first kappa shape index (κ1) is 19.2. The number of carbonyl (C=O) groups is 1. The van der Waals surface area contributed by atoms with Crippen molar-refractivity contribution in [2.75, 3.05) is 5.32 Å². The van der Waals surface area contributed by atoms with Crippen molar-refractivity contribution in [1.82, 2.24) is 15.3 Å². The maximum atomic E-state index is 12.6. The summed E-state index contributed by atoms with van der Waals surface area (Å²) in [6.07, 6.45) is 0.961. The van der Waals surface area contributed by atoms with Crippen molar-refractivity contribution < 1.29 is 4.79 Å². The summed E-state index contributed by atoms with van der Waals surface area (Å²) >= 11 is 0. The van der Waals surface area contributed by atoms with Crippen LogP contribution in [0.2, 0.25) is 0 Å². The van der Waals surface area contributed by atoms with Crippen molar-refractivity contribution in [2.24, 2.45) is 4.99 Å². The largest absolute Gasteiger partial charge is 0.326 e. The predicted molar refractivity (Wildman–Crippen MR) is 112 cm³/mol. The zero-order valence-electron chi connectivity index (χ0n) is 16.2. The van der Waals surface area contributed by atoms with Gasteiger partial charge in [-0.25, -0.2) is 9.97 Å². The second-order valence-corrected chi connectivity index (χ2v) is 6.41. The molecule has 3 aromatic rings. The number of nitrogens with one attached hydrogen (secondary N) is 2. The van der Waals surface area contributed by atoms with Crippen molar-refractivity contribution in [3.63, 3.8) is 0 Å². The molecule has 142 valence electrons. The number of nitrogens with zero attached hydrogens (tertiary/aromatic N) is 3. The Bertz CT molecular complexity index is 961. The minimum absolute atomic E-state index is 0.263. The topological polar surface area (TPSA) is 79.3 Å². The lowest BCUT2D eigenvalue weighted by Crippen LogP contribution is -2.35. The van der Waals surface area contributed by atoms with E-state index in [-0.39, 0.29) is 11.9 Å². The quantitative estimate of drug-likeness (QED) is 0.531. The van der Waals surface area contributed by atoms with E-state index in [9.17, 15) is 4.79 Å². The third-order valence-corrected chi connectivity index (χ3v) is 4.08. The van der Waals surface area contributed by atoms with Gasteiger partial charge in [0.05, 0.1) is 0 Å². The molecule has 1 aromatic heterocycles. The first-order valence-corrected chi connectivity index (χ1v) is 9.17. The number of carbonyl (C=O) groups excluding carboxylic acids is 1. The van der Waals surface area contributed by atoms with E-state index in [1.54, 1.807) is 12.1 Å². The second kappa shape index (κ2) is 8.90. The average molecular weight is 373 g/mol. The molecule has 28 heavy (non-hydrogen) atoms. The summed E-state index contributed by atoms with van der Waals surface area (Å²) in [5.74, 6) is 0.294. The van der Waals surface area contributed by atoms with Crippen LogP contribution in [-0.4, -0.2) is 21.8 Å². The molecule has 0 atom stereocenters. The maximum Gasteiger partial charge on any atom is 0.257 e. The van der Waals surface area contributed by atoms with Crippen LogP contribution in [0.25, 0.3) is 0 Å². The summed E-state index contributed by atoms with van der Waals surface area (Å²) in [6, 6.07) is 18.8. The molecule has 0 saturated carbocycles. The van der Waals surface area contributed by atoms with Gasteiger partial charge in [0.25, 0.3) is 11.9 Å².